The lowest BCUT2D eigenvalue weighted by molar-refractivity contribution is -0.127. The van der Waals surface area contributed by atoms with Crippen molar-refractivity contribution < 1.29 is 9.18 Å². The lowest BCUT2D eigenvalue weighted by Gasteiger charge is -2.15. The monoisotopic (exact) mass is 633 g/mol. The summed E-state index contributed by atoms with van der Waals surface area (Å²) in [5.41, 5.74) is 11.0. The fourth-order valence-corrected chi connectivity index (χ4v) is 6.60. The Bertz CT molecular complexity index is 1300. The first-order valence-corrected chi connectivity index (χ1v) is 14.9. The molecule has 10 heteroatoms. The number of likely N-dealkylation sites (tertiary alicyclic amines) is 1. The number of amides is 1. The first kappa shape index (κ1) is 27.2. The van der Waals surface area contributed by atoms with E-state index >= 15 is 0 Å². The number of anilines is 1. The van der Waals surface area contributed by atoms with Crippen LogP contribution in [0, 0.1) is 15.6 Å². The Labute approximate surface area is 237 Å². The number of benzene rings is 1. The molecule has 38 heavy (non-hydrogen) atoms. The molecule has 204 valence electrons. The van der Waals surface area contributed by atoms with Gasteiger partial charge >= 0.3 is 6.08 Å². The quantitative estimate of drug-likeness (QED) is 0.311. The summed E-state index contributed by atoms with van der Waals surface area (Å²) in [4.78, 5) is 26.0. The molecule has 0 saturated carbocycles. The van der Waals surface area contributed by atoms with Gasteiger partial charge in [-0.2, -0.15) is 14.4 Å². The maximum absolute atomic E-state index is 14.0. The zero-order valence-corrected chi connectivity index (χ0v) is 24.3. The highest BCUT2D eigenvalue weighted by Gasteiger charge is 2.24. The molecule has 1 aliphatic carbocycles. The van der Waals surface area contributed by atoms with Crippen LogP contribution in [-0.2, 0) is 30.6 Å². The number of hydrogen-bond acceptors (Lipinski definition) is 6. The molecule has 2 aromatic heterocycles. The number of carbonyl (C=O) groups is 1. The summed E-state index contributed by atoms with van der Waals surface area (Å²) in [5.74, 6) is 1.56. The molecule has 0 spiro atoms. The van der Waals surface area contributed by atoms with E-state index in [9.17, 15) is 9.18 Å². The molecule has 4 heterocycles. The molecule has 2 fully saturated rings. The van der Waals surface area contributed by atoms with Gasteiger partial charge in [0, 0.05) is 36.5 Å². The third-order valence-electron chi connectivity index (χ3n) is 7.97. The van der Waals surface area contributed by atoms with Crippen molar-refractivity contribution in [3.05, 3.63) is 44.3 Å². The molecule has 3 aliphatic rings. The Morgan fingerprint density at radius 3 is 2.61 bits per heavy atom. The number of fused-ring (bicyclic) bond motifs is 2. The number of imidazole rings is 1. The van der Waals surface area contributed by atoms with Crippen molar-refractivity contribution in [3.8, 4) is 0 Å². The molecule has 0 bridgehead atoms. The number of nitrogens with two attached hydrogens (primary N) is 1. The van der Waals surface area contributed by atoms with Gasteiger partial charge in [0.05, 0.1) is 0 Å². The summed E-state index contributed by atoms with van der Waals surface area (Å²) in [5, 5.41) is 3.22. The molecule has 3 N–H and O–H groups in total. The molecule has 8 nitrogen and oxygen atoms in total. The van der Waals surface area contributed by atoms with Gasteiger partial charge in [-0.3, -0.25) is 4.79 Å². The van der Waals surface area contributed by atoms with Crippen LogP contribution in [0.1, 0.15) is 68.0 Å². The highest BCUT2D eigenvalue weighted by molar-refractivity contribution is 14.1. The van der Waals surface area contributed by atoms with E-state index in [4.69, 9.17) is 10.7 Å². The maximum Gasteiger partial charge on any atom is 0.312 e. The normalized spacial score (nSPS) is 18.6. The molecule has 1 aromatic carbocycles. The number of aromatic nitrogens is 4. The van der Waals surface area contributed by atoms with Crippen molar-refractivity contribution >= 4 is 45.5 Å². The number of aryl methyl sites for hydroxylation is 3. The van der Waals surface area contributed by atoms with Crippen LogP contribution >= 0.6 is 22.6 Å². The fraction of sp³-hybridized carbons (Fsp3) is 0.571. The first-order valence-electron chi connectivity index (χ1n) is 13.8. The number of nitrogens with one attached hydrogen (secondary N) is 1. The van der Waals surface area contributed by atoms with E-state index in [0.717, 1.165) is 51.0 Å². The Hall–Kier alpha value is -2.34. The number of nitrogens with zero attached hydrogens (tertiary/aromatic N) is 5. The lowest BCUT2D eigenvalue weighted by atomic mass is 10.0. The van der Waals surface area contributed by atoms with Crippen LogP contribution in [0.5, 0.6) is 0 Å². The molecular weight excluding hydrogens is 596 g/mol. The molecule has 6 rings (SSSR count). The van der Waals surface area contributed by atoms with E-state index < -0.39 is 6.08 Å². The molecule has 1 amide bonds. The van der Waals surface area contributed by atoms with Crippen LogP contribution in [0.15, 0.2) is 12.1 Å². The second-order valence-electron chi connectivity index (χ2n) is 10.7. The highest BCUT2D eigenvalue weighted by Crippen LogP contribution is 2.29. The number of rotatable bonds is 6. The van der Waals surface area contributed by atoms with E-state index in [1.165, 1.54) is 52.6 Å². The predicted molar refractivity (Wildman–Crippen MR) is 155 cm³/mol. The van der Waals surface area contributed by atoms with E-state index in [1.807, 2.05) is 9.47 Å². The summed E-state index contributed by atoms with van der Waals surface area (Å²) in [6, 6.07) is 4.60. The average molecular weight is 634 g/mol. The van der Waals surface area contributed by atoms with Crippen LogP contribution in [0.4, 0.5) is 10.2 Å². The zero-order valence-electron chi connectivity index (χ0n) is 22.1. The molecular formula is C28H37FIN7O. The molecule has 3 aromatic rings. The summed E-state index contributed by atoms with van der Waals surface area (Å²) in [6.45, 7) is 6.47. The second-order valence-corrected chi connectivity index (χ2v) is 11.9. The minimum Gasteiger partial charge on any atom is -0.382 e. The standard InChI is InChI=1S/C24H28FIN6O.C4H9N/c1-14(33)31-9-7-15(13-31)4-3-8-32-20(28-21-22(27)29-24(25)30-23(21)32)12-18-10-16-5-2-6-17(16)11-19(18)26;1-2-4-5-3-1/h10-11,15H,2-9,12-13H2,1H3,(H2,27,29,30);5H,1-4H2. The largest absolute Gasteiger partial charge is 0.382 e. The van der Waals surface area contributed by atoms with Crippen LogP contribution in [0.2, 0.25) is 0 Å². The Morgan fingerprint density at radius 1 is 1.16 bits per heavy atom. The summed E-state index contributed by atoms with van der Waals surface area (Å²) in [7, 11) is 0. The number of carbonyl (C=O) groups excluding carboxylic acids is 1. The van der Waals surface area contributed by atoms with Gasteiger partial charge in [0.2, 0.25) is 5.91 Å². The third-order valence-corrected chi connectivity index (χ3v) is 8.97. The predicted octanol–water partition coefficient (Wildman–Crippen LogP) is 4.25. The smallest absolute Gasteiger partial charge is 0.312 e. The number of nitrogen functional groups attached to an aromatic ring is 1. The van der Waals surface area contributed by atoms with Crippen LogP contribution in [-0.4, -0.2) is 56.5 Å². The average Bonchev–Trinajstić information content (AvgIpc) is 3.69. The first-order chi connectivity index (χ1) is 18.4. The van der Waals surface area contributed by atoms with Crippen LogP contribution in [0.25, 0.3) is 11.2 Å². The van der Waals surface area contributed by atoms with Crippen LogP contribution in [0.3, 0.4) is 0 Å². The Morgan fingerprint density at radius 2 is 1.92 bits per heavy atom. The summed E-state index contributed by atoms with van der Waals surface area (Å²) < 4.78 is 17.3. The second kappa shape index (κ2) is 12.2. The van der Waals surface area contributed by atoms with Gasteiger partial charge in [0.25, 0.3) is 0 Å². The van der Waals surface area contributed by atoms with E-state index in [-0.39, 0.29) is 11.7 Å². The Balaban J connectivity index is 0.000000529. The molecule has 1 atom stereocenters. The van der Waals surface area contributed by atoms with Crippen molar-refractivity contribution in [1.82, 2.24) is 29.7 Å². The van der Waals surface area contributed by atoms with Gasteiger partial charge in [-0.15, -0.1) is 0 Å². The maximum atomic E-state index is 14.0. The fourth-order valence-electron chi connectivity index (χ4n) is 5.88. The van der Waals surface area contributed by atoms with Crippen LogP contribution < -0.4 is 11.1 Å². The van der Waals surface area contributed by atoms with Gasteiger partial charge < -0.3 is 20.5 Å². The van der Waals surface area contributed by atoms with Gasteiger partial charge in [-0.05, 0) is 116 Å². The SMILES string of the molecule is C1CCNC1.CC(=O)N1CCC(CCCn2c(Cc3cc4c(cc3I)CCC4)nc3c(N)nc(F)nc32)C1. The third kappa shape index (κ3) is 6.27. The van der Waals surface area contributed by atoms with E-state index in [0.29, 0.717) is 30.0 Å². The zero-order chi connectivity index (χ0) is 26.6. The molecule has 0 radical (unpaired) electrons. The van der Waals surface area contributed by atoms with Crippen molar-refractivity contribution in [2.45, 2.75) is 71.3 Å². The van der Waals surface area contributed by atoms with Gasteiger partial charge in [-0.1, -0.05) is 6.07 Å². The molecule has 1 unspecified atom stereocenters. The minimum atomic E-state index is -0.826. The summed E-state index contributed by atoms with van der Waals surface area (Å²) in [6.07, 6.45) is 9.02. The summed E-state index contributed by atoms with van der Waals surface area (Å²) >= 11 is 2.40. The minimum absolute atomic E-state index is 0.0778. The molecule has 2 saturated heterocycles. The van der Waals surface area contributed by atoms with Gasteiger partial charge in [0.1, 0.15) is 5.82 Å². The number of halogens is 2. The van der Waals surface area contributed by atoms with E-state index in [1.54, 1.807) is 6.92 Å². The van der Waals surface area contributed by atoms with Crippen molar-refractivity contribution in [2.75, 3.05) is 31.9 Å². The lowest BCUT2D eigenvalue weighted by Crippen LogP contribution is -2.25. The van der Waals surface area contributed by atoms with Crippen molar-refractivity contribution in [1.29, 1.82) is 0 Å². The van der Waals surface area contributed by atoms with Gasteiger partial charge in [0.15, 0.2) is 17.0 Å². The topological polar surface area (TPSA) is 102 Å². The number of hydrogen-bond donors (Lipinski definition) is 2. The highest BCUT2D eigenvalue weighted by atomic mass is 127. The Kier molecular flexibility index (Phi) is 8.77. The van der Waals surface area contributed by atoms with Crippen molar-refractivity contribution in [2.24, 2.45) is 5.92 Å². The molecule has 2 aliphatic heterocycles. The van der Waals surface area contributed by atoms with Crippen molar-refractivity contribution in [3.63, 3.8) is 0 Å². The van der Waals surface area contributed by atoms with E-state index in [2.05, 4.69) is 50.0 Å². The van der Waals surface area contributed by atoms with Gasteiger partial charge in [-0.25, -0.2) is 4.98 Å².